The van der Waals surface area contributed by atoms with Gasteiger partial charge >= 0.3 is 0 Å². The molecule has 0 spiro atoms. The average Bonchev–Trinajstić information content (AvgIpc) is 3.23. The molecule has 4 rings (SSSR count). The van der Waals surface area contributed by atoms with Crippen LogP contribution in [0.25, 0.3) is 0 Å². The van der Waals surface area contributed by atoms with E-state index < -0.39 is 0 Å². The van der Waals surface area contributed by atoms with E-state index in [1.165, 1.54) is 0 Å². The molecule has 3 aliphatic heterocycles. The maximum atomic E-state index is 12.9. The van der Waals surface area contributed by atoms with Crippen LogP contribution in [0.2, 0.25) is 0 Å². The summed E-state index contributed by atoms with van der Waals surface area (Å²) in [6, 6.07) is 4.73. The van der Waals surface area contributed by atoms with Crippen LogP contribution in [0, 0.1) is 0 Å². The summed E-state index contributed by atoms with van der Waals surface area (Å²) in [6.45, 7) is 6.07. The summed E-state index contributed by atoms with van der Waals surface area (Å²) in [5, 5.41) is 2.05. The molecule has 0 N–H and O–H groups in total. The van der Waals surface area contributed by atoms with Crippen molar-refractivity contribution in [3.05, 3.63) is 22.4 Å². The van der Waals surface area contributed by atoms with Gasteiger partial charge < -0.3 is 14.5 Å². The molecule has 6 heteroatoms. The lowest BCUT2D eigenvalue weighted by Gasteiger charge is -2.39. The Morgan fingerprint density at radius 3 is 2.88 bits per heavy atom. The van der Waals surface area contributed by atoms with E-state index in [4.69, 9.17) is 4.74 Å². The summed E-state index contributed by atoms with van der Waals surface area (Å²) in [4.78, 5) is 21.1. The van der Waals surface area contributed by atoms with E-state index in [0.29, 0.717) is 12.5 Å². The Hall–Kier alpha value is -0.950. The molecule has 24 heavy (non-hydrogen) atoms. The van der Waals surface area contributed by atoms with Crippen LogP contribution in [0.15, 0.2) is 17.5 Å². The third-order valence-electron chi connectivity index (χ3n) is 5.73. The van der Waals surface area contributed by atoms with Gasteiger partial charge in [0.05, 0.1) is 24.6 Å². The van der Waals surface area contributed by atoms with E-state index in [1.807, 2.05) is 11.4 Å². The molecular weight excluding hydrogens is 322 g/mol. The van der Waals surface area contributed by atoms with Crippen molar-refractivity contribution in [2.75, 3.05) is 46.4 Å². The van der Waals surface area contributed by atoms with Gasteiger partial charge in [-0.1, -0.05) is 6.07 Å². The number of ether oxygens (including phenoxy) is 1. The van der Waals surface area contributed by atoms with E-state index >= 15 is 0 Å². The van der Waals surface area contributed by atoms with Crippen LogP contribution < -0.4 is 0 Å². The summed E-state index contributed by atoms with van der Waals surface area (Å²) in [5.74, 6) is 0.273. The minimum atomic E-state index is 0.203. The molecule has 3 fully saturated rings. The van der Waals surface area contributed by atoms with Gasteiger partial charge in [0.25, 0.3) is 0 Å². The van der Waals surface area contributed by atoms with Crippen molar-refractivity contribution >= 4 is 17.2 Å². The van der Waals surface area contributed by atoms with Crippen molar-refractivity contribution < 1.29 is 9.53 Å². The first kappa shape index (κ1) is 16.5. The summed E-state index contributed by atoms with van der Waals surface area (Å²) in [5.41, 5.74) is 0. The fourth-order valence-corrected chi connectivity index (χ4v) is 5.05. The molecule has 1 aromatic rings. The Balaban J connectivity index is 1.47. The Morgan fingerprint density at radius 1 is 1.29 bits per heavy atom. The molecular formula is C18H27N3O2S. The van der Waals surface area contributed by atoms with Crippen molar-refractivity contribution in [3.8, 4) is 0 Å². The SMILES string of the molecule is CN1CCN([C@@H]2CN(C(=O)Cc3cccs3)[C@@H]3CCCO[C@H]23)CC1. The monoisotopic (exact) mass is 349 g/mol. The van der Waals surface area contributed by atoms with Crippen molar-refractivity contribution in [3.63, 3.8) is 0 Å². The van der Waals surface area contributed by atoms with Crippen LogP contribution in [-0.4, -0.2) is 85.2 Å². The average molecular weight is 350 g/mol. The fraction of sp³-hybridized carbons (Fsp3) is 0.722. The number of nitrogens with zero attached hydrogens (tertiary/aromatic N) is 3. The summed E-state index contributed by atoms with van der Waals surface area (Å²) in [6.07, 6.45) is 2.90. The zero-order valence-electron chi connectivity index (χ0n) is 14.4. The van der Waals surface area contributed by atoms with Crippen molar-refractivity contribution in [2.24, 2.45) is 0 Å². The van der Waals surface area contributed by atoms with Crippen LogP contribution in [-0.2, 0) is 16.0 Å². The maximum absolute atomic E-state index is 12.9. The number of likely N-dealkylation sites (tertiary alicyclic amines) is 1. The number of hydrogen-bond acceptors (Lipinski definition) is 5. The molecule has 0 saturated carbocycles. The second-order valence-corrected chi connectivity index (χ2v) is 8.29. The number of likely N-dealkylation sites (N-methyl/N-ethyl adjacent to an activating group) is 1. The van der Waals surface area contributed by atoms with Crippen LogP contribution in [0.4, 0.5) is 0 Å². The van der Waals surface area contributed by atoms with Gasteiger partial charge in [-0.05, 0) is 31.3 Å². The summed E-state index contributed by atoms with van der Waals surface area (Å²) < 4.78 is 6.16. The number of carbonyl (C=O) groups is 1. The fourth-order valence-electron chi connectivity index (χ4n) is 4.36. The Bertz CT molecular complexity index is 557. The highest BCUT2D eigenvalue weighted by Crippen LogP contribution is 2.32. The minimum absolute atomic E-state index is 0.203. The van der Waals surface area contributed by atoms with Gasteiger partial charge in [-0.25, -0.2) is 0 Å². The predicted molar refractivity (Wildman–Crippen MR) is 95.4 cm³/mol. The highest BCUT2D eigenvalue weighted by Gasteiger charge is 2.48. The largest absolute Gasteiger partial charge is 0.374 e. The zero-order chi connectivity index (χ0) is 16.5. The number of rotatable bonds is 3. The lowest BCUT2D eigenvalue weighted by atomic mass is 9.99. The van der Waals surface area contributed by atoms with E-state index in [0.717, 1.165) is 57.0 Å². The molecule has 1 amide bonds. The molecule has 4 heterocycles. The van der Waals surface area contributed by atoms with E-state index in [1.54, 1.807) is 11.3 Å². The lowest BCUT2D eigenvalue weighted by Crippen LogP contribution is -2.54. The smallest absolute Gasteiger partial charge is 0.228 e. The molecule has 0 radical (unpaired) electrons. The highest BCUT2D eigenvalue weighted by atomic mass is 32.1. The molecule has 132 valence electrons. The first-order chi connectivity index (χ1) is 11.7. The standard InChI is InChI=1S/C18H27N3O2S/c1-19-6-8-20(9-7-19)16-13-21(15-5-2-10-23-18(15)16)17(22)12-14-4-3-11-24-14/h3-4,11,15-16,18H,2,5-10,12-13H2,1H3/t15-,16-,18+/m1/s1. The molecule has 0 aromatic carbocycles. The number of fused-ring (bicyclic) bond motifs is 1. The first-order valence-corrected chi connectivity index (χ1v) is 9.96. The molecule has 3 aliphatic rings. The lowest BCUT2D eigenvalue weighted by molar-refractivity contribution is -0.133. The number of hydrogen-bond donors (Lipinski definition) is 0. The molecule has 3 saturated heterocycles. The van der Waals surface area contributed by atoms with Gasteiger partial charge in [0, 0.05) is 44.2 Å². The molecule has 0 bridgehead atoms. The van der Waals surface area contributed by atoms with E-state index in [-0.39, 0.29) is 18.1 Å². The summed E-state index contributed by atoms with van der Waals surface area (Å²) in [7, 11) is 2.18. The van der Waals surface area contributed by atoms with E-state index in [2.05, 4.69) is 27.8 Å². The number of piperazine rings is 1. The van der Waals surface area contributed by atoms with Crippen LogP contribution in [0.3, 0.4) is 0 Å². The normalized spacial score (nSPS) is 32.0. The Labute approximate surface area is 148 Å². The van der Waals surface area contributed by atoms with Crippen molar-refractivity contribution in [1.82, 2.24) is 14.7 Å². The van der Waals surface area contributed by atoms with Gasteiger partial charge in [0.2, 0.25) is 5.91 Å². The third kappa shape index (κ3) is 3.25. The molecule has 1 aromatic heterocycles. The van der Waals surface area contributed by atoms with Crippen LogP contribution in [0.5, 0.6) is 0 Å². The number of carbonyl (C=O) groups excluding carboxylic acids is 1. The minimum Gasteiger partial charge on any atom is -0.374 e. The van der Waals surface area contributed by atoms with Gasteiger partial charge in [-0.2, -0.15) is 0 Å². The second kappa shape index (κ2) is 7.12. The van der Waals surface area contributed by atoms with E-state index in [9.17, 15) is 4.79 Å². The summed E-state index contributed by atoms with van der Waals surface area (Å²) >= 11 is 1.67. The first-order valence-electron chi connectivity index (χ1n) is 9.08. The van der Waals surface area contributed by atoms with Gasteiger partial charge in [0.15, 0.2) is 0 Å². The molecule has 3 atom stereocenters. The Morgan fingerprint density at radius 2 is 2.12 bits per heavy atom. The van der Waals surface area contributed by atoms with Crippen molar-refractivity contribution in [1.29, 1.82) is 0 Å². The van der Waals surface area contributed by atoms with Crippen LogP contribution in [0.1, 0.15) is 17.7 Å². The topological polar surface area (TPSA) is 36.0 Å². The number of thiophene rings is 1. The highest BCUT2D eigenvalue weighted by molar-refractivity contribution is 7.10. The number of amides is 1. The van der Waals surface area contributed by atoms with Crippen molar-refractivity contribution in [2.45, 2.75) is 37.5 Å². The van der Waals surface area contributed by atoms with Gasteiger partial charge in [-0.15, -0.1) is 11.3 Å². The van der Waals surface area contributed by atoms with Crippen LogP contribution >= 0.6 is 11.3 Å². The van der Waals surface area contributed by atoms with Gasteiger partial charge in [-0.3, -0.25) is 9.69 Å². The quantitative estimate of drug-likeness (QED) is 0.824. The molecule has 0 unspecified atom stereocenters. The Kier molecular flexibility index (Phi) is 4.90. The molecule has 5 nitrogen and oxygen atoms in total. The van der Waals surface area contributed by atoms with Gasteiger partial charge in [0.1, 0.15) is 0 Å². The maximum Gasteiger partial charge on any atom is 0.228 e. The molecule has 0 aliphatic carbocycles. The second-order valence-electron chi connectivity index (χ2n) is 7.25. The predicted octanol–water partition coefficient (Wildman–Crippen LogP) is 1.30. The third-order valence-corrected chi connectivity index (χ3v) is 6.61. The zero-order valence-corrected chi connectivity index (χ0v) is 15.2.